The summed E-state index contributed by atoms with van der Waals surface area (Å²) in [6.07, 6.45) is 4.62. The second-order valence-corrected chi connectivity index (χ2v) is 4.07. The Morgan fingerprint density at radius 1 is 1.53 bits per heavy atom. The zero-order valence-electron chi connectivity index (χ0n) is 9.76. The minimum absolute atomic E-state index is 0.686. The highest BCUT2D eigenvalue weighted by atomic mass is 16.1. The van der Waals surface area contributed by atoms with Crippen molar-refractivity contribution in [2.45, 2.75) is 13.5 Å². The largest absolute Gasteiger partial charge is 0.335 e. The van der Waals surface area contributed by atoms with Gasteiger partial charge in [-0.15, -0.1) is 0 Å². The van der Waals surface area contributed by atoms with E-state index < -0.39 is 0 Å². The number of hydrogen-bond acceptors (Lipinski definition) is 3. The Morgan fingerprint density at radius 3 is 3.18 bits per heavy atom. The molecule has 88 valence electrons. The van der Waals surface area contributed by atoms with Crippen molar-refractivity contribution in [1.29, 1.82) is 0 Å². The SMILES string of the molecule is CC1=CN(Cc2cccc(NC=O)c2)C=NC1. The molecule has 1 aliphatic rings. The second-order valence-electron chi connectivity index (χ2n) is 4.07. The Balaban J connectivity index is 2.07. The van der Waals surface area contributed by atoms with Crippen LogP contribution in [0.4, 0.5) is 5.69 Å². The Bertz CT molecular complexity index is 465. The number of benzene rings is 1. The number of hydrogen-bond donors (Lipinski definition) is 1. The fourth-order valence-electron chi connectivity index (χ4n) is 1.77. The highest BCUT2D eigenvalue weighted by molar-refractivity contribution is 5.71. The van der Waals surface area contributed by atoms with Gasteiger partial charge in [0, 0.05) is 18.4 Å². The molecule has 0 fully saturated rings. The molecule has 0 atom stereocenters. The van der Waals surface area contributed by atoms with Crippen LogP contribution in [0.25, 0.3) is 0 Å². The van der Waals surface area contributed by atoms with Crippen molar-refractivity contribution in [2.24, 2.45) is 4.99 Å². The Hall–Kier alpha value is -2.10. The van der Waals surface area contributed by atoms with Crippen LogP contribution >= 0.6 is 0 Å². The maximum absolute atomic E-state index is 10.4. The first-order valence-corrected chi connectivity index (χ1v) is 5.50. The van der Waals surface area contributed by atoms with E-state index in [1.165, 1.54) is 5.57 Å². The predicted molar refractivity (Wildman–Crippen MR) is 68.8 cm³/mol. The lowest BCUT2D eigenvalue weighted by molar-refractivity contribution is -0.105. The number of aliphatic imine (C=N–C) groups is 1. The van der Waals surface area contributed by atoms with Crippen LogP contribution in [-0.4, -0.2) is 24.2 Å². The lowest BCUT2D eigenvalue weighted by atomic mass is 10.2. The number of anilines is 1. The van der Waals surface area contributed by atoms with Crippen molar-refractivity contribution < 1.29 is 4.79 Å². The van der Waals surface area contributed by atoms with Crippen molar-refractivity contribution in [1.82, 2.24) is 4.90 Å². The summed E-state index contributed by atoms with van der Waals surface area (Å²) in [5.41, 5.74) is 3.19. The Morgan fingerprint density at radius 2 is 2.41 bits per heavy atom. The van der Waals surface area contributed by atoms with Gasteiger partial charge in [0.15, 0.2) is 0 Å². The molecule has 1 heterocycles. The first-order chi connectivity index (χ1) is 8.28. The highest BCUT2D eigenvalue weighted by Gasteiger charge is 2.04. The van der Waals surface area contributed by atoms with Gasteiger partial charge in [-0.3, -0.25) is 9.79 Å². The molecule has 17 heavy (non-hydrogen) atoms. The van der Waals surface area contributed by atoms with Crippen molar-refractivity contribution in [3.05, 3.63) is 41.6 Å². The van der Waals surface area contributed by atoms with Gasteiger partial charge < -0.3 is 10.2 Å². The smallest absolute Gasteiger partial charge is 0.211 e. The number of amides is 1. The van der Waals surface area contributed by atoms with E-state index >= 15 is 0 Å². The maximum Gasteiger partial charge on any atom is 0.211 e. The molecule has 4 heteroatoms. The first kappa shape index (κ1) is 11.4. The molecule has 0 bridgehead atoms. The van der Waals surface area contributed by atoms with Gasteiger partial charge in [0.2, 0.25) is 6.41 Å². The Labute approximate surface area is 101 Å². The highest BCUT2D eigenvalue weighted by Crippen LogP contribution is 2.13. The monoisotopic (exact) mass is 229 g/mol. The van der Waals surface area contributed by atoms with Gasteiger partial charge >= 0.3 is 0 Å². The molecule has 4 nitrogen and oxygen atoms in total. The molecular formula is C13H15N3O. The summed E-state index contributed by atoms with van der Waals surface area (Å²) in [6, 6.07) is 7.78. The van der Waals surface area contributed by atoms with Crippen molar-refractivity contribution >= 4 is 18.4 Å². The third-order valence-electron chi connectivity index (χ3n) is 2.47. The van der Waals surface area contributed by atoms with Crippen LogP contribution in [0.5, 0.6) is 0 Å². The average molecular weight is 229 g/mol. The average Bonchev–Trinajstić information content (AvgIpc) is 2.30. The van der Waals surface area contributed by atoms with Gasteiger partial charge in [-0.2, -0.15) is 0 Å². The summed E-state index contributed by atoms with van der Waals surface area (Å²) in [6.45, 7) is 3.60. The van der Waals surface area contributed by atoms with Crippen LogP contribution < -0.4 is 5.32 Å². The summed E-state index contributed by atoms with van der Waals surface area (Å²) in [7, 11) is 0. The van der Waals surface area contributed by atoms with E-state index in [0.29, 0.717) is 6.41 Å². The normalized spacial score (nSPS) is 14.4. The van der Waals surface area contributed by atoms with Crippen LogP contribution in [0.3, 0.4) is 0 Å². The van der Waals surface area contributed by atoms with E-state index in [-0.39, 0.29) is 0 Å². The van der Waals surface area contributed by atoms with Crippen LogP contribution in [0, 0.1) is 0 Å². The zero-order valence-corrected chi connectivity index (χ0v) is 9.76. The van der Waals surface area contributed by atoms with Crippen molar-refractivity contribution in [3.63, 3.8) is 0 Å². The summed E-state index contributed by atoms with van der Waals surface area (Å²) in [4.78, 5) is 16.7. The van der Waals surface area contributed by atoms with Gasteiger partial charge in [-0.1, -0.05) is 12.1 Å². The van der Waals surface area contributed by atoms with Crippen LogP contribution in [0.15, 0.2) is 41.0 Å². The quantitative estimate of drug-likeness (QED) is 0.803. The maximum atomic E-state index is 10.4. The molecule has 1 aliphatic heterocycles. The summed E-state index contributed by atoms with van der Waals surface area (Å²) in [5, 5.41) is 2.65. The molecule has 1 amide bonds. The summed E-state index contributed by atoms with van der Waals surface area (Å²) in [5.74, 6) is 0. The van der Waals surface area contributed by atoms with E-state index in [2.05, 4.69) is 23.4 Å². The Kier molecular flexibility index (Phi) is 3.55. The van der Waals surface area contributed by atoms with Gasteiger partial charge in [0.05, 0.1) is 12.9 Å². The van der Waals surface area contributed by atoms with E-state index in [0.717, 1.165) is 24.3 Å². The number of carbonyl (C=O) groups excluding carboxylic acids is 1. The van der Waals surface area contributed by atoms with Crippen LogP contribution in [0.1, 0.15) is 12.5 Å². The van der Waals surface area contributed by atoms with E-state index in [1.807, 2.05) is 35.5 Å². The van der Waals surface area contributed by atoms with Crippen molar-refractivity contribution in [3.8, 4) is 0 Å². The molecule has 1 aromatic rings. The van der Waals surface area contributed by atoms with E-state index in [9.17, 15) is 4.79 Å². The molecule has 1 N–H and O–H groups in total. The standard InChI is InChI=1S/C13H15N3O/c1-11-6-14-9-16(7-11)8-12-3-2-4-13(5-12)15-10-17/h2-5,7,9-10H,6,8H2,1H3,(H,15,17). The van der Waals surface area contributed by atoms with E-state index in [4.69, 9.17) is 0 Å². The number of nitrogens with zero attached hydrogens (tertiary/aromatic N) is 2. The van der Waals surface area contributed by atoms with Gasteiger partial charge in [-0.25, -0.2) is 0 Å². The lowest BCUT2D eigenvalue weighted by Crippen LogP contribution is -2.18. The molecule has 0 saturated carbocycles. The molecule has 0 aromatic heterocycles. The van der Waals surface area contributed by atoms with Crippen LogP contribution in [0.2, 0.25) is 0 Å². The first-order valence-electron chi connectivity index (χ1n) is 5.50. The number of nitrogens with one attached hydrogen (secondary N) is 1. The minimum Gasteiger partial charge on any atom is -0.335 e. The molecule has 0 unspecified atom stereocenters. The van der Waals surface area contributed by atoms with Gasteiger partial charge in [-0.05, 0) is 30.2 Å². The zero-order chi connectivity index (χ0) is 12.1. The predicted octanol–water partition coefficient (Wildman–Crippen LogP) is 2.00. The fraction of sp³-hybridized carbons (Fsp3) is 0.231. The topological polar surface area (TPSA) is 44.7 Å². The number of carbonyl (C=O) groups is 1. The molecule has 0 radical (unpaired) electrons. The third kappa shape index (κ3) is 3.17. The lowest BCUT2D eigenvalue weighted by Gasteiger charge is -2.19. The summed E-state index contributed by atoms with van der Waals surface area (Å²) >= 11 is 0. The van der Waals surface area contributed by atoms with Gasteiger partial charge in [0.1, 0.15) is 0 Å². The second kappa shape index (κ2) is 5.30. The van der Waals surface area contributed by atoms with E-state index in [1.54, 1.807) is 0 Å². The van der Waals surface area contributed by atoms with Crippen molar-refractivity contribution in [2.75, 3.05) is 11.9 Å². The fourth-order valence-corrected chi connectivity index (χ4v) is 1.77. The molecule has 0 aliphatic carbocycles. The van der Waals surface area contributed by atoms with Crippen LogP contribution in [-0.2, 0) is 11.3 Å². The molecule has 2 rings (SSSR count). The molecular weight excluding hydrogens is 214 g/mol. The number of rotatable bonds is 4. The molecule has 0 spiro atoms. The summed E-state index contributed by atoms with van der Waals surface area (Å²) < 4.78 is 0. The minimum atomic E-state index is 0.686. The molecule has 0 saturated heterocycles. The third-order valence-corrected chi connectivity index (χ3v) is 2.47. The van der Waals surface area contributed by atoms with Gasteiger partial charge in [0.25, 0.3) is 0 Å². The molecule has 1 aromatic carbocycles.